The van der Waals surface area contributed by atoms with Crippen LogP contribution in [0, 0.1) is 0 Å². The lowest BCUT2D eigenvalue weighted by molar-refractivity contribution is -0.174. The zero-order valence-electron chi connectivity index (χ0n) is 12.6. The van der Waals surface area contributed by atoms with Gasteiger partial charge in [0, 0.05) is 13.1 Å². The van der Waals surface area contributed by atoms with E-state index in [9.17, 15) is 22.8 Å². The van der Waals surface area contributed by atoms with Crippen LogP contribution >= 0.6 is 0 Å². The first kappa shape index (κ1) is 17.3. The molecule has 1 aromatic carbocycles. The third kappa shape index (κ3) is 4.97. The molecule has 2 rings (SSSR count). The van der Waals surface area contributed by atoms with Crippen molar-refractivity contribution in [2.24, 2.45) is 0 Å². The minimum atomic E-state index is -4.97. The molecule has 1 aliphatic heterocycles. The second-order valence-electron chi connectivity index (χ2n) is 5.58. The standard InChI is InChI=1S/C16H19F3N2O2/c17-16(18,19)15(23)20-13(12-7-3-1-4-8-12)11-14(22)21-9-5-2-6-10-21/h1,3-4,7-8,13H,2,5-6,9-11H2,(H,20,23). The highest BCUT2D eigenvalue weighted by Gasteiger charge is 2.40. The fourth-order valence-corrected chi connectivity index (χ4v) is 2.62. The SMILES string of the molecule is O=C(CC(NC(=O)C(F)(F)F)c1ccccc1)N1CCCCC1. The molecule has 0 bridgehead atoms. The number of rotatable bonds is 4. The number of likely N-dealkylation sites (tertiary alicyclic amines) is 1. The van der Waals surface area contributed by atoms with Crippen LogP contribution < -0.4 is 5.32 Å². The molecule has 7 heteroatoms. The van der Waals surface area contributed by atoms with E-state index >= 15 is 0 Å². The Labute approximate surface area is 132 Å². The van der Waals surface area contributed by atoms with Crippen LogP contribution in [-0.4, -0.2) is 36.0 Å². The molecule has 1 atom stereocenters. The first-order chi connectivity index (χ1) is 10.9. The van der Waals surface area contributed by atoms with Crippen LogP contribution in [0.4, 0.5) is 13.2 Å². The zero-order valence-corrected chi connectivity index (χ0v) is 12.6. The number of benzene rings is 1. The van der Waals surface area contributed by atoms with Crippen molar-refractivity contribution in [3.63, 3.8) is 0 Å². The highest BCUT2D eigenvalue weighted by molar-refractivity contribution is 5.83. The van der Waals surface area contributed by atoms with Crippen LogP contribution in [0.5, 0.6) is 0 Å². The van der Waals surface area contributed by atoms with Gasteiger partial charge in [-0.05, 0) is 24.8 Å². The summed E-state index contributed by atoms with van der Waals surface area (Å²) >= 11 is 0. The summed E-state index contributed by atoms with van der Waals surface area (Å²) in [7, 11) is 0. The van der Waals surface area contributed by atoms with Crippen LogP contribution in [0.2, 0.25) is 0 Å². The maximum absolute atomic E-state index is 12.5. The van der Waals surface area contributed by atoms with Crippen LogP contribution in [-0.2, 0) is 9.59 Å². The van der Waals surface area contributed by atoms with Gasteiger partial charge in [0.25, 0.3) is 0 Å². The lowest BCUT2D eigenvalue weighted by atomic mass is 10.0. The number of carbonyl (C=O) groups is 2. The summed E-state index contributed by atoms with van der Waals surface area (Å²) in [6.07, 6.45) is -2.29. The molecule has 1 N–H and O–H groups in total. The molecule has 126 valence electrons. The smallest absolute Gasteiger partial charge is 0.343 e. The van der Waals surface area contributed by atoms with E-state index < -0.39 is 18.1 Å². The van der Waals surface area contributed by atoms with E-state index in [1.165, 1.54) is 0 Å². The summed E-state index contributed by atoms with van der Waals surface area (Å²) in [5, 5.41) is 1.93. The Balaban J connectivity index is 2.10. The molecule has 0 spiro atoms. The summed E-state index contributed by atoms with van der Waals surface area (Å²) in [5.41, 5.74) is 0.482. The van der Waals surface area contributed by atoms with E-state index in [0.29, 0.717) is 18.7 Å². The normalized spacial score (nSPS) is 16.7. The Morgan fingerprint density at radius 3 is 2.26 bits per heavy atom. The number of hydrogen-bond donors (Lipinski definition) is 1. The molecule has 1 saturated heterocycles. The molecule has 1 fully saturated rings. The fourth-order valence-electron chi connectivity index (χ4n) is 2.62. The molecule has 1 aromatic rings. The number of alkyl halides is 3. The van der Waals surface area contributed by atoms with Crippen LogP contribution in [0.15, 0.2) is 30.3 Å². The number of piperidine rings is 1. The predicted octanol–water partition coefficient (Wildman–Crippen LogP) is 2.81. The van der Waals surface area contributed by atoms with E-state index in [0.717, 1.165) is 19.3 Å². The van der Waals surface area contributed by atoms with Gasteiger partial charge >= 0.3 is 12.1 Å². The maximum Gasteiger partial charge on any atom is 0.471 e. The molecule has 0 aliphatic carbocycles. The summed E-state index contributed by atoms with van der Waals surface area (Å²) < 4.78 is 37.5. The summed E-state index contributed by atoms with van der Waals surface area (Å²) in [6, 6.07) is 7.26. The molecule has 1 heterocycles. The van der Waals surface area contributed by atoms with Gasteiger partial charge in [-0.15, -0.1) is 0 Å². The summed E-state index contributed by atoms with van der Waals surface area (Å²) in [6.45, 7) is 1.24. The fraction of sp³-hybridized carbons (Fsp3) is 0.500. The quantitative estimate of drug-likeness (QED) is 0.924. The molecule has 2 amide bonds. The molecule has 0 radical (unpaired) electrons. The molecular formula is C16H19F3N2O2. The molecule has 1 aliphatic rings. The first-order valence-corrected chi connectivity index (χ1v) is 7.58. The number of nitrogens with zero attached hydrogens (tertiary/aromatic N) is 1. The predicted molar refractivity (Wildman–Crippen MR) is 78.4 cm³/mol. The minimum Gasteiger partial charge on any atom is -0.343 e. The van der Waals surface area contributed by atoms with Crippen molar-refractivity contribution < 1.29 is 22.8 Å². The Kier molecular flexibility index (Phi) is 5.63. The van der Waals surface area contributed by atoms with E-state index in [1.807, 2.05) is 5.32 Å². The van der Waals surface area contributed by atoms with Gasteiger partial charge < -0.3 is 10.2 Å². The first-order valence-electron chi connectivity index (χ1n) is 7.58. The van der Waals surface area contributed by atoms with E-state index in [4.69, 9.17) is 0 Å². The average molecular weight is 328 g/mol. The average Bonchev–Trinajstić information content (AvgIpc) is 2.55. The van der Waals surface area contributed by atoms with Gasteiger partial charge in [-0.2, -0.15) is 13.2 Å². The van der Waals surface area contributed by atoms with E-state index in [2.05, 4.69) is 0 Å². The number of amides is 2. The van der Waals surface area contributed by atoms with Crippen LogP contribution in [0.3, 0.4) is 0 Å². The molecular weight excluding hydrogens is 309 g/mol. The maximum atomic E-state index is 12.5. The summed E-state index contributed by atoms with van der Waals surface area (Å²) in [5.74, 6) is -2.26. The van der Waals surface area contributed by atoms with Crippen molar-refractivity contribution in [1.29, 1.82) is 0 Å². The Hall–Kier alpha value is -2.05. The van der Waals surface area contributed by atoms with Crippen molar-refractivity contribution in [3.05, 3.63) is 35.9 Å². The molecule has 0 aromatic heterocycles. The van der Waals surface area contributed by atoms with E-state index in [-0.39, 0.29) is 12.3 Å². The van der Waals surface area contributed by atoms with Crippen LogP contribution in [0.25, 0.3) is 0 Å². The van der Waals surface area contributed by atoms with E-state index in [1.54, 1.807) is 35.2 Å². The molecule has 4 nitrogen and oxygen atoms in total. The van der Waals surface area contributed by atoms with Gasteiger partial charge in [0.2, 0.25) is 5.91 Å². The van der Waals surface area contributed by atoms with Gasteiger partial charge in [0.1, 0.15) is 0 Å². The molecule has 0 saturated carbocycles. The van der Waals surface area contributed by atoms with Gasteiger partial charge in [-0.1, -0.05) is 30.3 Å². The van der Waals surface area contributed by atoms with Crippen molar-refractivity contribution in [3.8, 4) is 0 Å². The Bertz CT molecular complexity index is 540. The number of halogens is 3. The van der Waals surface area contributed by atoms with Gasteiger partial charge in [0.15, 0.2) is 0 Å². The highest BCUT2D eigenvalue weighted by Crippen LogP contribution is 2.22. The third-order valence-electron chi connectivity index (χ3n) is 3.85. The van der Waals surface area contributed by atoms with Crippen molar-refractivity contribution in [2.45, 2.75) is 37.9 Å². The highest BCUT2D eigenvalue weighted by atomic mass is 19.4. The monoisotopic (exact) mass is 328 g/mol. The molecule has 23 heavy (non-hydrogen) atoms. The van der Waals surface area contributed by atoms with Crippen molar-refractivity contribution >= 4 is 11.8 Å². The zero-order chi connectivity index (χ0) is 16.9. The number of hydrogen-bond acceptors (Lipinski definition) is 2. The summed E-state index contributed by atoms with van der Waals surface area (Å²) in [4.78, 5) is 25.2. The second kappa shape index (κ2) is 7.48. The molecule has 1 unspecified atom stereocenters. The topological polar surface area (TPSA) is 49.4 Å². The Morgan fingerprint density at radius 2 is 1.70 bits per heavy atom. The number of carbonyl (C=O) groups excluding carboxylic acids is 2. The van der Waals surface area contributed by atoms with Gasteiger partial charge in [0.05, 0.1) is 12.5 Å². The Morgan fingerprint density at radius 1 is 1.09 bits per heavy atom. The third-order valence-corrected chi connectivity index (χ3v) is 3.85. The lowest BCUT2D eigenvalue weighted by Gasteiger charge is -2.29. The van der Waals surface area contributed by atoms with Crippen LogP contribution in [0.1, 0.15) is 37.3 Å². The van der Waals surface area contributed by atoms with Gasteiger partial charge in [-0.3, -0.25) is 9.59 Å². The van der Waals surface area contributed by atoms with Gasteiger partial charge in [-0.25, -0.2) is 0 Å². The second-order valence-corrected chi connectivity index (χ2v) is 5.58. The van der Waals surface area contributed by atoms with Crippen molar-refractivity contribution in [1.82, 2.24) is 10.2 Å². The minimum absolute atomic E-state index is 0.175. The lowest BCUT2D eigenvalue weighted by Crippen LogP contribution is -2.42. The number of nitrogens with one attached hydrogen (secondary N) is 1. The largest absolute Gasteiger partial charge is 0.471 e. The van der Waals surface area contributed by atoms with Crippen molar-refractivity contribution in [2.75, 3.05) is 13.1 Å².